The highest BCUT2D eigenvalue weighted by molar-refractivity contribution is 7.90. The second-order valence-corrected chi connectivity index (χ2v) is 10.2. The Morgan fingerprint density at radius 2 is 1.85 bits per heavy atom. The van der Waals surface area contributed by atoms with E-state index in [9.17, 15) is 13.2 Å². The highest BCUT2D eigenvalue weighted by Crippen LogP contribution is 2.38. The van der Waals surface area contributed by atoms with Crippen LogP contribution in [0.15, 0.2) is 23.2 Å². The molecule has 2 atom stereocenters. The smallest absolute Gasteiger partial charge is 0.407 e. The third kappa shape index (κ3) is 4.28. The molecule has 3 heterocycles. The van der Waals surface area contributed by atoms with Crippen molar-refractivity contribution in [1.82, 2.24) is 10.3 Å². The summed E-state index contributed by atoms with van der Waals surface area (Å²) in [6.45, 7) is 5.56. The van der Waals surface area contributed by atoms with Crippen LogP contribution in [0.25, 0.3) is 0 Å². The number of hydrogen-bond acceptors (Lipinski definition) is 6. The summed E-state index contributed by atoms with van der Waals surface area (Å²) in [6, 6.07) is 4.08. The maximum Gasteiger partial charge on any atom is 0.407 e. The minimum absolute atomic E-state index is 0.0916. The van der Waals surface area contributed by atoms with Gasteiger partial charge >= 0.3 is 6.09 Å². The summed E-state index contributed by atoms with van der Waals surface area (Å²) in [6.07, 6.45) is 6.01. The molecule has 3 rings (SSSR count). The Labute approximate surface area is 155 Å². The fourth-order valence-corrected chi connectivity index (χ4v) is 4.45. The van der Waals surface area contributed by atoms with Crippen molar-refractivity contribution in [2.45, 2.75) is 75.1 Å². The van der Waals surface area contributed by atoms with E-state index in [1.807, 2.05) is 20.8 Å². The minimum Gasteiger partial charge on any atom is -0.444 e. The van der Waals surface area contributed by atoms with Crippen molar-refractivity contribution in [3.05, 3.63) is 18.3 Å². The molecule has 0 saturated carbocycles. The van der Waals surface area contributed by atoms with Crippen LogP contribution in [0.5, 0.6) is 0 Å². The van der Waals surface area contributed by atoms with Gasteiger partial charge in [-0.3, -0.25) is 0 Å². The van der Waals surface area contributed by atoms with Gasteiger partial charge in [-0.25, -0.2) is 18.2 Å². The molecular weight excluding hydrogens is 354 g/mol. The zero-order valence-electron chi connectivity index (χ0n) is 15.7. The molecule has 8 heteroatoms. The lowest BCUT2D eigenvalue weighted by atomic mass is 9.97. The molecule has 1 aromatic rings. The molecule has 0 aromatic carbocycles. The number of sulfone groups is 1. The van der Waals surface area contributed by atoms with E-state index in [0.717, 1.165) is 31.5 Å². The Morgan fingerprint density at radius 1 is 1.23 bits per heavy atom. The normalized spacial score (nSPS) is 25.8. The number of nitrogens with zero attached hydrogens (tertiary/aromatic N) is 2. The Balaban J connectivity index is 1.66. The maximum absolute atomic E-state index is 12.0. The van der Waals surface area contributed by atoms with E-state index in [2.05, 4.69) is 15.2 Å². The molecule has 0 aliphatic carbocycles. The van der Waals surface area contributed by atoms with Crippen LogP contribution < -0.4 is 10.2 Å². The lowest BCUT2D eigenvalue weighted by Crippen LogP contribution is -2.51. The number of rotatable bonds is 3. The first-order valence-electron chi connectivity index (χ1n) is 8.97. The Morgan fingerprint density at radius 3 is 2.31 bits per heavy atom. The number of pyridine rings is 1. The summed E-state index contributed by atoms with van der Waals surface area (Å²) in [4.78, 5) is 18.9. The first-order chi connectivity index (χ1) is 12.0. The average Bonchev–Trinajstić information content (AvgIpc) is 2.76. The number of aromatic nitrogens is 1. The van der Waals surface area contributed by atoms with Gasteiger partial charge in [-0.15, -0.1) is 0 Å². The van der Waals surface area contributed by atoms with Gasteiger partial charge in [0, 0.05) is 30.6 Å². The Bertz CT molecular complexity index is 757. The third-order valence-corrected chi connectivity index (χ3v) is 5.97. The van der Waals surface area contributed by atoms with Crippen LogP contribution in [0.1, 0.15) is 46.5 Å². The minimum atomic E-state index is -3.24. The highest BCUT2D eigenvalue weighted by Gasteiger charge is 2.42. The Kier molecular flexibility index (Phi) is 4.90. The van der Waals surface area contributed by atoms with E-state index >= 15 is 0 Å². The molecule has 0 spiro atoms. The van der Waals surface area contributed by atoms with Gasteiger partial charge in [0.15, 0.2) is 9.84 Å². The number of carbonyl (C=O) groups excluding carboxylic acids is 1. The summed E-state index contributed by atoms with van der Waals surface area (Å²) in [5, 5.41) is 2.99. The summed E-state index contributed by atoms with van der Waals surface area (Å²) in [5.74, 6) is 0.806. The fraction of sp³-hybridized carbons (Fsp3) is 0.667. The fourth-order valence-electron chi connectivity index (χ4n) is 3.89. The van der Waals surface area contributed by atoms with Crippen molar-refractivity contribution in [2.24, 2.45) is 0 Å². The SMILES string of the molecule is CC(C)(C)OC(=O)NC1CC2CCC(C1)N2c1ccc(S(C)(=O)=O)cn1. The summed E-state index contributed by atoms with van der Waals surface area (Å²) in [7, 11) is -3.24. The van der Waals surface area contributed by atoms with Gasteiger partial charge in [-0.05, 0) is 58.6 Å². The first-order valence-corrected chi connectivity index (χ1v) is 10.9. The summed E-state index contributed by atoms with van der Waals surface area (Å²) >= 11 is 0. The number of ether oxygens (including phenoxy) is 1. The van der Waals surface area contributed by atoms with Crippen LogP contribution in [0.3, 0.4) is 0 Å². The molecule has 2 bridgehead atoms. The second-order valence-electron chi connectivity index (χ2n) is 8.23. The Hall–Kier alpha value is -1.83. The van der Waals surface area contributed by atoms with Gasteiger partial charge in [-0.2, -0.15) is 0 Å². The van der Waals surface area contributed by atoms with E-state index in [1.54, 1.807) is 12.1 Å². The highest BCUT2D eigenvalue weighted by atomic mass is 32.2. The lowest BCUT2D eigenvalue weighted by Gasteiger charge is -2.40. The molecule has 2 saturated heterocycles. The largest absolute Gasteiger partial charge is 0.444 e. The number of carbonyl (C=O) groups is 1. The average molecular weight is 381 g/mol. The first kappa shape index (κ1) is 18.9. The number of piperidine rings is 1. The summed E-state index contributed by atoms with van der Waals surface area (Å²) < 4.78 is 28.6. The second kappa shape index (κ2) is 6.72. The van der Waals surface area contributed by atoms with Gasteiger partial charge in [0.05, 0.1) is 4.90 Å². The zero-order chi connectivity index (χ0) is 19.1. The van der Waals surface area contributed by atoms with Crippen molar-refractivity contribution < 1.29 is 17.9 Å². The summed E-state index contributed by atoms with van der Waals surface area (Å²) in [5.41, 5.74) is -0.505. The molecule has 1 N–H and O–H groups in total. The molecule has 2 unspecified atom stereocenters. The standard InChI is InChI=1S/C18H27N3O4S/c1-18(2,3)25-17(22)20-12-9-13-5-6-14(10-12)21(13)16-8-7-15(11-19-16)26(4,23)24/h7-8,11-14H,5-6,9-10H2,1-4H3,(H,20,22). The monoisotopic (exact) mass is 381 g/mol. The van der Waals surface area contributed by atoms with Crippen molar-refractivity contribution >= 4 is 21.7 Å². The predicted molar refractivity (Wildman–Crippen MR) is 99.0 cm³/mol. The van der Waals surface area contributed by atoms with Gasteiger partial charge in [0.1, 0.15) is 11.4 Å². The van der Waals surface area contributed by atoms with E-state index in [1.165, 1.54) is 12.5 Å². The van der Waals surface area contributed by atoms with Gasteiger partial charge < -0.3 is 15.0 Å². The maximum atomic E-state index is 12.0. The van der Waals surface area contributed by atoms with Crippen molar-refractivity contribution in [3.63, 3.8) is 0 Å². The van der Waals surface area contributed by atoms with E-state index in [-0.39, 0.29) is 17.0 Å². The van der Waals surface area contributed by atoms with E-state index in [4.69, 9.17) is 4.74 Å². The van der Waals surface area contributed by atoms with Crippen LogP contribution in [0.4, 0.5) is 10.6 Å². The van der Waals surface area contributed by atoms with E-state index in [0.29, 0.717) is 12.1 Å². The molecule has 2 aliphatic heterocycles. The van der Waals surface area contributed by atoms with Gasteiger partial charge in [0.25, 0.3) is 0 Å². The van der Waals surface area contributed by atoms with Crippen molar-refractivity contribution in [2.75, 3.05) is 11.2 Å². The van der Waals surface area contributed by atoms with Crippen LogP contribution in [0.2, 0.25) is 0 Å². The number of amides is 1. The zero-order valence-corrected chi connectivity index (χ0v) is 16.5. The van der Waals surface area contributed by atoms with Crippen molar-refractivity contribution in [1.29, 1.82) is 0 Å². The van der Waals surface area contributed by atoms with Crippen LogP contribution in [-0.2, 0) is 14.6 Å². The molecule has 26 heavy (non-hydrogen) atoms. The predicted octanol–water partition coefficient (Wildman–Crippen LogP) is 2.51. The van der Waals surface area contributed by atoms with Gasteiger partial charge in [0.2, 0.25) is 0 Å². The van der Waals surface area contributed by atoms with Crippen molar-refractivity contribution in [3.8, 4) is 0 Å². The number of alkyl carbamates (subject to hydrolysis) is 1. The molecule has 1 amide bonds. The molecule has 2 fully saturated rings. The number of fused-ring (bicyclic) bond motifs is 2. The molecule has 144 valence electrons. The molecule has 2 aliphatic rings. The molecule has 1 aromatic heterocycles. The third-order valence-electron chi connectivity index (χ3n) is 4.87. The quantitative estimate of drug-likeness (QED) is 0.865. The molecule has 0 radical (unpaired) electrons. The number of anilines is 1. The lowest BCUT2D eigenvalue weighted by molar-refractivity contribution is 0.0492. The topological polar surface area (TPSA) is 88.6 Å². The van der Waals surface area contributed by atoms with Crippen LogP contribution in [0, 0.1) is 0 Å². The van der Waals surface area contributed by atoms with E-state index < -0.39 is 15.4 Å². The van der Waals surface area contributed by atoms with Gasteiger partial charge in [-0.1, -0.05) is 0 Å². The van der Waals surface area contributed by atoms with Crippen LogP contribution in [-0.4, -0.2) is 49.5 Å². The van der Waals surface area contributed by atoms with Crippen LogP contribution >= 0.6 is 0 Å². The number of hydrogen-bond donors (Lipinski definition) is 1. The number of nitrogens with one attached hydrogen (secondary N) is 1. The molecular formula is C18H27N3O4S. The molecule has 7 nitrogen and oxygen atoms in total.